The summed E-state index contributed by atoms with van der Waals surface area (Å²) in [4.78, 5) is 50.8. The van der Waals surface area contributed by atoms with Crippen LogP contribution in [0.4, 0.5) is 4.79 Å². The van der Waals surface area contributed by atoms with Gasteiger partial charge in [-0.2, -0.15) is 0 Å². The Bertz CT molecular complexity index is 1380. The van der Waals surface area contributed by atoms with Crippen LogP contribution in [0.5, 0.6) is 5.88 Å². The molecule has 43 heavy (non-hydrogen) atoms. The van der Waals surface area contributed by atoms with Gasteiger partial charge >= 0.3 is 12.1 Å². The molecule has 3 heterocycles. The molecule has 7 atom stereocenters. The lowest BCUT2D eigenvalue weighted by Crippen LogP contribution is -2.57. The monoisotopic (exact) mass is 614 g/mol. The number of ether oxygens (including phenoxy) is 2. The second kappa shape index (κ2) is 12.5. The van der Waals surface area contributed by atoms with E-state index in [1.54, 1.807) is 19.1 Å². The zero-order valence-electron chi connectivity index (χ0n) is 25.6. The first-order valence-corrected chi connectivity index (χ1v) is 15.8. The summed E-state index contributed by atoms with van der Waals surface area (Å²) in [6.45, 7) is 9.49. The number of aromatic nitrogens is 2. The number of fused-ring (bicyclic) bond motifs is 5. The Balaban J connectivity index is 1.52. The van der Waals surface area contributed by atoms with Crippen LogP contribution in [0.2, 0.25) is 5.02 Å². The quantitative estimate of drug-likeness (QED) is 0.422. The second-order valence-corrected chi connectivity index (χ2v) is 14.2. The lowest BCUT2D eigenvalue weighted by Gasteiger charge is -2.35. The molecule has 2 aliphatic heterocycles. The zero-order chi connectivity index (χ0) is 31.1. The maximum Gasteiger partial charge on any atom is 0.408 e. The molecule has 1 saturated carbocycles. The number of hydrogen-bond donors (Lipinski definition) is 2. The first kappa shape index (κ1) is 31.3. The maximum atomic E-state index is 14.1. The molecule has 2 bridgehead atoms. The number of nitrogens with zero attached hydrogens (tertiary/aromatic N) is 3. The number of halogens is 1. The smallest absolute Gasteiger partial charge is 0.408 e. The third-order valence-electron chi connectivity index (χ3n) is 9.25. The summed E-state index contributed by atoms with van der Waals surface area (Å²) in [5.41, 5.74) is 1.28. The van der Waals surface area contributed by atoms with Gasteiger partial charge in [0.25, 0.3) is 0 Å². The van der Waals surface area contributed by atoms with Crippen LogP contribution in [0.3, 0.4) is 0 Å². The molecule has 2 aromatic rings. The molecule has 0 radical (unpaired) electrons. The van der Waals surface area contributed by atoms with Crippen molar-refractivity contribution in [1.82, 2.24) is 20.2 Å². The van der Waals surface area contributed by atoms with E-state index in [-0.39, 0.29) is 18.6 Å². The van der Waals surface area contributed by atoms with Gasteiger partial charge in [0.15, 0.2) is 0 Å². The molecule has 11 heteroatoms. The van der Waals surface area contributed by atoms with Gasteiger partial charge in [-0.3, -0.25) is 4.79 Å². The third kappa shape index (κ3) is 6.84. The Labute approximate surface area is 257 Å². The predicted octanol–water partition coefficient (Wildman–Crippen LogP) is 5.63. The third-order valence-corrected chi connectivity index (χ3v) is 9.48. The Morgan fingerprint density at radius 1 is 1.05 bits per heavy atom. The number of nitrogens with one attached hydrogen (secondary N) is 1. The largest absolute Gasteiger partial charge is 0.480 e. The molecule has 3 aliphatic rings. The maximum absolute atomic E-state index is 14.1. The summed E-state index contributed by atoms with van der Waals surface area (Å²) in [5.74, 6) is -1.13. The molecular formula is C32H43ClN4O6. The number of hydrogen-bond acceptors (Lipinski definition) is 7. The van der Waals surface area contributed by atoms with E-state index < -0.39 is 47.5 Å². The van der Waals surface area contributed by atoms with E-state index in [1.807, 2.05) is 26.8 Å². The van der Waals surface area contributed by atoms with Crippen molar-refractivity contribution in [2.24, 2.45) is 23.2 Å². The van der Waals surface area contributed by atoms with Gasteiger partial charge in [-0.15, -0.1) is 0 Å². The van der Waals surface area contributed by atoms with Crippen LogP contribution in [-0.2, 0) is 20.7 Å². The van der Waals surface area contributed by atoms with Crippen LogP contribution in [0.15, 0.2) is 18.2 Å². The number of amides is 2. The second-order valence-electron chi connectivity index (χ2n) is 13.7. The van der Waals surface area contributed by atoms with E-state index in [9.17, 15) is 19.5 Å². The minimum atomic E-state index is -1.14. The molecule has 2 fully saturated rings. The van der Waals surface area contributed by atoms with Crippen molar-refractivity contribution in [2.75, 3.05) is 6.54 Å². The Hall–Kier alpha value is -3.14. The van der Waals surface area contributed by atoms with E-state index >= 15 is 0 Å². The summed E-state index contributed by atoms with van der Waals surface area (Å²) in [5, 5.41) is 13.6. The molecule has 5 rings (SSSR count). The van der Waals surface area contributed by atoms with Crippen LogP contribution in [0.25, 0.3) is 11.0 Å². The van der Waals surface area contributed by atoms with Gasteiger partial charge in [0.2, 0.25) is 11.8 Å². The lowest BCUT2D eigenvalue weighted by molar-refractivity contribution is -0.151. The zero-order valence-corrected chi connectivity index (χ0v) is 26.4. The number of carboxylic acid groups (broad SMARTS) is 1. The fraction of sp³-hybridized carbons (Fsp3) is 0.656. The summed E-state index contributed by atoms with van der Waals surface area (Å²) >= 11 is 6.24. The van der Waals surface area contributed by atoms with Gasteiger partial charge in [-0.05, 0) is 67.6 Å². The number of rotatable bonds is 1. The van der Waals surface area contributed by atoms with Crippen molar-refractivity contribution in [2.45, 2.75) is 104 Å². The number of benzene rings is 1. The van der Waals surface area contributed by atoms with Gasteiger partial charge in [0, 0.05) is 10.9 Å². The normalized spacial score (nSPS) is 30.8. The Morgan fingerprint density at radius 2 is 1.81 bits per heavy atom. The number of aliphatic carboxylic acids is 1. The van der Waals surface area contributed by atoms with Gasteiger partial charge in [-0.1, -0.05) is 59.1 Å². The minimum absolute atomic E-state index is 0.0250. The highest BCUT2D eigenvalue weighted by molar-refractivity contribution is 6.31. The van der Waals surface area contributed by atoms with Gasteiger partial charge in [0.1, 0.15) is 30.0 Å². The molecule has 0 unspecified atom stereocenters. The van der Waals surface area contributed by atoms with Crippen molar-refractivity contribution in [3.8, 4) is 5.88 Å². The topological polar surface area (TPSA) is 131 Å². The molecule has 1 aromatic heterocycles. The number of carbonyl (C=O) groups excluding carboxylic acids is 2. The van der Waals surface area contributed by atoms with Crippen molar-refractivity contribution < 1.29 is 29.0 Å². The lowest BCUT2D eigenvalue weighted by atomic mass is 9.85. The molecular weight excluding hydrogens is 572 g/mol. The Morgan fingerprint density at radius 3 is 2.53 bits per heavy atom. The van der Waals surface area contributed by atoms with Gasteiger partial charge < -0.3 is 24.8 Å². The van der Waals surface area contributed by atoms with E-state index in [0.29, 0.717) is 40.0 Å². The van der Waals surface area contributed by atoms with Gasteiger partial charge in [-0.25, -0.2) is 19.6 Å². The summed E-state index contributed by atoms with van der Waals surface area (Å²) in [6.07, 6.45) is 4.69. The Kier molecular flexibility index (Phi) is 9.07. The van der Waals surface area contributed by atoms with Crippen molar-refractivity contribution in [3.63, 3.8) is 0 Å². The fourth-order valence-corrected chi connectivity index (χ4v) is 7.09. The van der Waals surface area contributed by atoms with Crippen molar-refractivity contribution in [3.05, 3.63) is 28.9 Å². The minimum Gasteiger partial charge on any atom is -0.480 e. The highest BCUT2D eigenvalue weighted by Crippen LogP contribution is 2.38. The molecule has 0 spiro atoms. The van der Waals surface area contributed by atoms with E-state index in [2.05, 4.69) is 12.2 Å². The SMILES string of the molecule is C[C@@H]1C[C@H]2CCCCCc3nc4ccc(Cl)cc4nc3O[C@H]3CN(C(=O)[C@H](C(C)(C)C)NC(=O)O[C@@H]2C1)[C@H](C(=O)O)[C@@H]3C. The number of alkyl carbamates (subject to hydrolysis) is 1. The highest BCUT2D eigenvalue weighted by atomic mass is 35.5. The molecule has 10 nitrogen and oxygen atoms in total. The molecule has 2 amide bonds. The molecule has 1 aromatic carbocycles. The van der Waals surface area contributed by atoms with Gasteiger partial charge in [0.05, 0.1) is 17.6 Å². The van der Waals surface area contributed by atoms with Crippen molar-refractivity contribution >= 4 is 40.6 Å². The number of carbonyl (C=O) groups is 3. The predicted molar refractivity (Wildman–Crippen MR) is 162 cm³/mol. The molecule has 2 N–H and O–H groups in total. The average molecular weight is 615 g/mol. The van der Waals surface area contributed by atoms with Crippen LogP contribution in [0.1, 0.15) is 78.8 Å². The van der Waals surface area contributed by atoms with Crippen LogP contribution in [-0.4, -0.2) is 68.8 Å². The molecule has 234 valence electrons. The summed E-state index contributed by atoms with van der Waals surface area (Å²) < 4.78 is 12.4. The summed E-state index contributed by atoms with van der Waals surface area (Å²) in [6, 6.07) is 3.19. The first-order chi connectivity index (χ1) is 20.3. The number of carboxylic acids is 1. The van der Waals surface area contributed by atoms with Crippen molar-refractivity contribution in [1.29, 1.82) is 0 Å². The van der Waals surface area contributed by atoms with E-state index in [4.69, 9.17) is 31.0 Å². The van der Waals surface area contributed by atoms with E-state index in [1.165, 1.54) is 4.90 Å². The highest BCUT2D eigenvalue weighted by Gasteiger charge is 2.50. The molecule has 1 aliphatic carbocycles. The first-order valence-electron chi connectivity index (χ1n) is 15.4. The fourth-order valence-electron chi connectivity index (χ4n) is 6.92. The van der Waals surface area contributed by atoms with Crippen LogP contribution in [0, 0.1) is 23.2 Å². The molecule has 1 saturated heterocycles. The average Bonchev–Trinajstić information content (AvgIpc) is 3.43. The van der Waals surface area contributed by atoms with Crippen LogP contribution < -0.4 is 10.1 Å². The number of aryl methyl sites for hydroxylation is 1. The summed E-state index contributed by atoms with van der Waals surface area (Å²) in [7, 11) is 0. The standard InChI is InChI=1S/C32H43ClN4O6/c1-17-13-19-9-7-6-8-10-22-28(35-23-15-20(33)11-12-21(23)34-22)42-25-16-37(26(18(25)2)30(39)40)29(38)27(32(3,4)5)36-31(41)43-24(19)14-17/h11-12,15,17-19,24-27H,6-10,13-14,16H2,1-5H3,(H,36,41)(H,39,40)/t17-,18-,19-,24-,25+,26+,27-/m1/s1. The van der Waals surface area contributed by atoms with E-state index in [0.717, 1.165) is 38.5 Å². The van der Waals surface area contributed by atoms with Crippen LogP contribution >= 0.6 is 11.6 Å².